The lowest BCUT2D eigenvalue weighted by Crippen LogP contribution is -2.26. The van der Waals surface area contributed by atoms with Crippen LogP contribution in [0.5, 0.6) is 5.75 Å². The Hall–Kier alpha value is -1.15. The third-order valence-corrected chi connectivity index (χ3v) is 5.46. The van der Waals surface area contributed by atoms with Crippen molar-refractivity contribution >= 4 is 33.0 Å². The molecule has 8 heteroatoms. The maximum absolute atomic E-state index is 12.2. The fraction of sp³-hybridized carbons (Fsp3) is 0.308. The molecule has 21 heavy (non-hydrogen) atoms. The summed E-state index contributed by atoms with van der Waals surface area (Å²) in [6, 6.07) is 4.36. The van der Waals surface area contributed by atoms with Gasteiger partial charge < -0.3 is 4.74 Å². The normalized spacial score (nSPS) is 11.6. The summed E-state index contributed by atoms with van der Waals surface area (Å²) in [6.07, 6.45) is 2.33. The maximum Gasteiger partial charge on any atom is 0.240 e. The third-order valence-electron chi connectivity index (χ3n) is 2.73. The number of methoxy groups -OCH3 is 1. The Kier molecular flexibility index (Phi) is 5.21. The number of aromatic nitrogens is 1. The van der Waals surface area contributed by atoms with Crippen molar-refractivity contribution in [3.63, 3.8) is 0 Å². The van der Waals surface area contributed by atoms with Crippen molar-refractivity contribution in [3.05, 3.63) is 39.3 Å². The summed E-state index contributed by atoms with van der Waals surface area (Å²) in [5.41, 5.74) is 0. The summed E-state index contributed by atoms with van der Waals surface area (Å²) in [4.78, 5) is 5.41. The molecular weight excluding hydrogens is 332 g/mol. The molecule has 114 valence electrons. The zero-order valence-electron chi connectivity index (χ0n) is 11.6. The Balaban J connectivity index is 2.02. The molecule has 1 N–H and O–H groups in total. The van der Waals surface area contributed by atoms with Crippen molar-refractivity contribution in [2.45, 2.75) is 18.2 Å². The molecule has 0 atom stereocenters. The summed E-state index contributed by atoms with van der Waals surface area (Å²) < 4.78 is 31.8. The number of hydrogen-bond donors (Lipinski definition) is 1. The van der Waals surface area contributed by atoms with E-state index in [0.717, 1.165) is 9.88 Å². The molecule has 1 aromatic carbocycles. The molecule has 2 rings (SSSR count). The summed E-state index contributed by atoms with van der Waals surface area (Å²) in [7, 11) is -2.11. The number of rotatable bonds is 6. The summed E-state index contributed by atoms with van der Waals surface area (Å²) >= 11 is 7.50. The van der Waals surface area contributed by atoms with Crippen LogP contribution in [-0.2, 0) is 16.4 Å². The minimum Gasteiger partial charge on any atom is -0.495 e. The largest absolute Gasteiger partial charge is 0.495 e. The van der Waals surface area contributed by atoms with Crippen molar-refractivity contribution in [3.8, 4) is 5.75 Å². The number of nitrogens with one attached hydrogen (secondary N) is 1. The highest BCUT2D eigenvalue weighted by molar-refractivity contribution is 7.89. The van der Waals surface area contributed by atoms with Crippen LogP contribution < -0.4 is 9.46 Å². The molecule has 2 aromatic rings. The van der Waals surface area contributed by atoms with Crippen LogP contribution in [0.25, 0.3) is 0 Å². The van der Waals surface area contributed by atoms with Crippen molar-refractivity contribution in [1.29, 1.82) is 0 Å². The van der Waals surface area contributed by atoms with E-state index in [-0.39, 0.29) is 9.92 Å². The molecule has 1 aromatic heterocycles. The van der Waals surface area contributed by atoms with Crippen molar-refractivity contribution < 1.29 is 13.2 Å². The summed E-state index contributed by atoms with van der Waals surface area (Å²) in [5, 5.41) is 1.17. The van der Waals surface area contributed by atoms with Crippen LogP contribution in [-0.4, -0.2) is 27.1 Å². The molecule has 1 heterocycles. The lowest BCUT2D eigenvalue weighted by molar-refractivity contribution is 0.414. The first-order chi connectivity index (χ1) is 9.92. The standard InChI is InChI=1S/C13H15ClN2O3S2/c1-9-8-15-13(20-9)5-6-16-21(17,18)10-3-4-12(19-2)11(14)7-10/h3-4,7-8,16H,5-6H2,1-2H3. The van der Waals surface area contributed by atoms with Gasteiger partial charge in [-0.25, -0.2) is 18.1 Å². The second kappa shape index (κ2) is 6.74. The van der Waals surface area contributed by atoms with Gasteiger partial charge in [-0.2, -0.15) is 0 Å². The van der Waals surface area contributed by atoms with Gasteiger partial charge in [0.25, 0.3) is 0 Å². The van der Waals surface area contributed by atoms with E-state index in [1.54, 1.807) is 17.5 Å². The van der Waals surface area contributed by atoms with Gasteiger partial charge in [-0.05, 0) is 25.1 Å². The van der Waals surface area contributed by atoms with Crippen molar-refractivity contribution in [1.82, 2.24) is 9.71 Å². The van der Waals surface area contributed by atoms with Crippen LogP contribution >= 0.6 is 22.9 Å². The maximum atomic E-state index is 12.2. The van der Waals surface area contributed by atoms with Gasteiger partial charge >= 0.3 is 0 Å². The van der Waals surface area contributed by atoms with Crippen molar-refractivity contribution in [2.24, 2.45) is 0 Å². The first-order valence-electron chi connectivity index (χ1n) is 6.17. The molecule has 0 spiro atoms. The van der Waals surface area contributed by atoms with Gasteiger partial charge in [0, 0.05) is 24.0 Å². The lowest BCUT2D eigenvalue weighted by atomic mass is 10.3. The quantitative estimate of drug-likeness (QED) is 0.873. The van der Waals surface area contributed by atoms with Crippen LogP contribution in [0.3, 0.4) is 0 Å². The Morgan fingerprint density at radius 2 is 2.19 bits per heavy atom. The number of hydrogen-bond acceptors (Lipinski definition) is 5. The predicted octanol–water partition coefficient (Wildman–Crippen LogP) is 2.63. The zero-order valence-corrected chi connectivity index (χ0v) is 14.0. The minimum absolute atomic E-state index is 0.114. The molecule has 0 aliphatic carbocycles. The Labute approximate surface area is 133 Å². The molecule has 0 bridgehead atoms. The van der Waals surface area contributed by atoms with Gasteiger partial charge in [-0.3, -0.25) is 0 Å². The number of benzene rings is 1. The van der Waals surface area contributed by atoms with Gasteiger partial charge in [0.1, 0.15) is 5.75 Å². The van der Waals surface area contributed by atoms with Crippen LogP contribution in [0.4, 0.5) is 0 Å². The van der Waals surface area contributed by atoms with Gasteiger partial charge in [0.2, 0.25) is 10.0 Å². The van der Waals surface area contributed by atoms with E-state index in [4.69, 9.17) is 16.3 Å². The molecular formula is C13H15ClN2O3S2. The molecule has 0 radical (unpaired) electrons. The second-order valence-corrected chi connectivity index (χ2v) is 7.80. The SMILES string of the molecule is COc1ccc(S(=O)(=O)NCCc2ncc(C)s2)cc1Cl. The van der Waals surface area contributed by atoms with Crippen LogP contribution in [0, 0.1) is 6.92 Å². The number of nitrogens with zero attached hydrogens (tertiary/aromatic N) is 1. The fourth-order valence-corrected chi connectivity index (χ4v) is 3.87. The molecule has 0 fully saturated rings. The van der Waals surface area contributed by atoms with Crippen LogP contribution in [0.15, 0.2) is 29.3 Å². The average Bonchev–Trinajstić information content (AvgIpc) is 2.84. The first-order valence-corrected chi connectivity index (χ1v) is 8.84. The van der Waals surface area contributed by atoms with Gasteiger partial charge in [-0.15, -0.1) is 11.3 Å². The molecule has 0 saturated carbocycles. The Morgan fingerprint density at radius 1 is 1.43 bits per heavy atom. The minimum atomic E-state index is -3.58. The molecule has 0 amide bonds. The van der Waals surface area contributed by atoms with Gasteiger partial charge in [0.15, 0.2) is 0 Å². The van der Waals surface area contributed by atoms with E-state index < -0.39 is 10.0 Å². The summed E-state index contributed by atoms with van der Waals surface area (Å²) in [5.74, 6) is 0.439. The van der Waals surface area contributed by atoms with E-state index in [0.29, 0.717) is 18.7 Å². The number of sulfonamides is 1. The molecule has 5 nitrogen and oxygen atoms in total. The average molecular weight is 347 g/mol. The van der Waals surface area contributed by atoms with E-state index in [2.05, 4.69) is 9.71 Å². The third kappa shape index (κ3) is 4.16. The second-order valence-electron chi connectivity index (χ2n) is 4.31. The molecule has 0 aliphatic heterocycles. The highest BCUT2D eigenvalue weighted by Crippen LogP contribution is 2.26. The van der Waals surface area contributed by atoms with Crippen LogP contribution in [0.1, 0.15) is 9.88 Å². The molecule has 0 aliphatic rings. The fourth-order valence-electron chi connectivity index (χ4n) is 1.71. The molecule has 0 saturated heterocycles. The molecule has 0 unspecified atom stereocenters. The number of thiazole rings is 1. The van der Waals surface area contributed by atoms with Gasteiger partial charge in [-0.1, -0.05) is 11.6 Å². The van der Waals surface area contributed by atoms with E-state index >= 15 is 0 Å². The van der Waals surface area contributed by atoms with E-state index in [1.165, 1.54) is 25.3 Å². The van der Waals surface area contributed by atoms with E-state index in [9.17, 15) is 8.42 Å². The lowest BCUT2D eigenvalue weighted by Gasteiger charge is -2.08. The first kappa shape index (κ1) is 16.2. The number of ether oxygens (including phenoxy) is 1. The Bertz CT molecular complexity index is 729. The van der Waals surface area contributed by atoms with E-state index in [1.807, 2.05) is 6.92 Å². The zero-order chi connectivity index (χ0) is 15.5. The van der Waals surface area contributed by atoms with Crippen molar-refractivity contribution in [2.75, 3.05) is 13.7 Å². The van der Waals surface area contributed by atoms with Gasteiger partial charge in [0.05, 0.1) is 22.0 Å². The monoisotopic (exact) mass is 346 g/mol. The summed E-state index contributed by atoms with van der Waals surface area (Å²) in [6.45, 7) is 2.25. The topological polar surface area (TPSA) is 68.3 Å². The van der Waals surface area contributed by atoms with Crippen LogP contribution in [0.2, 0.25) is 5.02 Å². The number of aryl methyl sites for hydroxylation is 1. The highest BCUT2D eigenvalue weighted by Gasteiger charge is 2.15. The smallest absolute Gasteiger partial charge is 0.240 e. The highest BCUT2D eigenvalue weighted by atomic mass is 35.5. The predicted molar refractivity (Wildman–Crippen MR) is 83.7 cm³/mol. The Morgan fingerprint density at radius 3 is 2.76 bits per heavy atom. The number of halogens is 1.